The van der Waals surface area contributed by atoms with Gasteiger partial charge in [-0.25, -0.2) is 9.78 Å². The lowest BCUT2D eigenvalue weighted by Crippen LogP contribution is -2.49. The van der Waals surface area contributed by atoms with E-state index in [2.05, 4.69) is 21.8 Å². The number of carbonyl (C=O) groups excluding carboxylic acids is 1. The predicted octanol–water partition coefficient (Wildman–Crippen LogP) is 4.88. The van der Waals surface area contributed by atoms with Crippen molar-refractivity contribution < 1.29 is 14.3 Å². The third kappa shape index (κ3) is 6.10. The van der Waals surface area contributed by atoms with Gasteiger partial charge in [-0.15, -0.1) is 0 Å². The van der Waals surface area contributed by atoms with Crippen molar-refractivity contribution in [2.24, 2.45) is 0 Å². The van der Waals surface area contributed by atoms with Crippen molar-refractivity contribution in [3.63, 3.8) is 0 Å². The number of aryl methyl sites for hydroxylation is 2. The van der Waals surface area contributed by atoms with E-state index in [4.69, 9.17) is 19.4 Å². The predicted molar refractivity (Wildman–Crippen MR) is 181 cm³/mol. The van der Waals surface area contributed by atoms with Gasteiger partial charge in [0.05, 0.1) is 5.69 Å². The molecule has 47 heavy (non-hydrogen) atoms. The average Bonchev–Trinajstić information content (AvgIpc) is 3.51. The Morgan fingerprint density at radius 3 is 2.38 bits per heavy atom. The van der Waals surface area contributed by atoms with Crippen LogP contribution in [0, 0.1) is 13.8 Å². The third-order valence-corrected chi connectivity index (χ3v) is 9.30. The highest BCUT2D eigenvalue weighted by Crippen LogP contribution is 2.29. The van der Waals surface area contributed by atoms with Gasteiger partial charge in [-0.2, -0.15) is 9.97 Å². The molecule has 11 heteroatoms. The lowest BCUT2D eigenvalue weighted by Gasteiger charge is -2.35. The maximum atomic E-state index is 14.4. The standard InChI is InChI=1S/C36H39N7O4/c1-24-10-7-13-27-14-8-16-29(30(24)27)43-25(2)37-31-32(34(43)44)38-35(46-23-28-15-9-17-40(28)3)39-33(31)41-18-20-42(21-19-41)36(45)47-22-26-11-5-4-6-12-26/h4-8,10-14,16,28H,9,15,17-23H2,1-3H3. The third-order valence-electron chi connectivity index (χ3n) is 9.30. The van der Waals surface area contributed by atoms with E-state index in [0.29, 0.717) is 49.9 Å². The van der Waals surface area contributed by atoms with E-state index in [9.17, 15) is 9.59 Å². The maximum Gasteiger partial charge on any atom is 0.410 e. The van der Waals surface area contributed by atoms with Crippen LogP contribution in [0.25, 0.3) is 27.5 Å². The molecule has 7 rings (SSSR count). The summed E-state index contributed by atoms with van der Waals surface area (Å²) in [5.74, 6) is 1.07. The van der Waals surface area contributed by atoms with Gasteiger partial charge in [0, 0.05) is 37.6 Å². The van der Waals surface area contributed by atoms with Gasteiger partial charge in [0.15, 0.2) is 11.3 Å². The summed E-state index contributed by atoms with van der Waals surface area (Å²) in [7, 11) is 2.09. The molecule has 2 aliphatic heterocycles. The summed E-state index contributed by atoms with van der Waals surface area (Å²) in [5, 5.41) is 2.04. The van der Waals surface area contributed by atoms with Crippen molar-refractivity contribution in [2.45, 2.75) is 39.3 Å². The molecule has 2 fully saturated rings. The minimum atomic E-state index is -0.354. The lowest BCUT2D eigenvalue weighted by atomic mass is 10.0. The van der Waals surface area contributed by atoms with Crippen LogP contribution in [0.4, 0.5) is 10.6 Å². The average molecular weight is 634 g/mol. The highest BCUT2D eigenvalue weighted by atomic mass is 16.6. The van der Waals surface area contributed by atoms with Crippen molar-refractivity contribution in [3.8, 4) is 11.7 Å². The number of carbonyl (C=O) groups is 1. The summed E-state index contributed by atoms with van der Waals surface area (Å²) in [4.78, 5) is 47.8. The van der Waals surface area contributed by atoms with E-state index in [1.807, 2.05) is 80.6 Å². The Hall–Kier alpha value is -5.03. The molecular weight excluding hydrogens is 594 g/mol. The number of hydrogen-bond donors (Lipinski definition) is 0. The van der Waals surface area contributed by atoms with Crippen molar-refractivity contribution in [2.75, 3.05) is 51.3 Å². The molecule has 2 aliphatic rings. The van der Waals surface area contributed by atoms with Gasteiger partial charge in [0.2, 0.25) is 0 Å². The van der Waals surface area contributed by atoms with Crippen LogP contribution in [0.2, 0.25) is 0 Å². The van der Waals surface area contributed by atoms with Crippen molar-refractivity contribution in [1.29, 1.82) is 0 Å². The van der Waals surface area contributed by atoms with Crippen molar-refractivity contribution >= 4 is 33.7 Å². The summed E-state index contributed by atoms with van der Waals surface area (Å²) in [6, 6.07) is 22.1. The molecule has 2 aromatic heterocycles. The minimum Gasteiger partial charge on any atom is -0.462 e. The number of amides is 1. The van der Waals surface area contributed by atoms with Crippen LogP contribution in [0.5, 0.6) is 6.01 Å². The number of fused-ring (bicyclic) bond motifs is 2. The van der Waals surface area contributed by atoms with Crippen LogP contribution >= 0.6 is 0 Å². The molecule has 0 radical (unpaired) electrons. The minimum absolute atomic E-state index is 0.154. The number of aromatic nitrogens is 4. The molecule has 11 nitrogen and oxygen atoms in total. The van der Waals surface area contributed by atoms with Crippen LogP contribution in [0.1, 0.15) is 29.8 Å². The summed E-state index contributed by atoms with van der Waals surface area (Å²) in [6.45, 7) is 7.41. The summed E-state index contributed by atoms with van der Waals surface area (Å²) < 4.78 is 13.4. The zero-order chi connectivity index (χ0) is 32.5. The fourth-order valence-electron chi connectivity index (χ4n) is 6.67. The fourth-order valence-corrected chi connectivity index (χ4v) is 6.67. The van der Waals surface area contributed by atoms with Gasteiger partial charge in [-0.05, 0) is 62.9 Å². The van der Waals surface area contributed by atoms with E-state index in [-0.39, 0.29) is 35.8 Å². The molecule has 4 heterocycles. The molecular formula is C36H39N7O4. The number of likely N-dealkylation sites (N-methyl/N-ethyl adjacent to an activating group) is 1. The van der Waals surface area contributed by atoms with Gasteiger partial charge in [-0.3, -0.25) is 9.36 Å². The number of nitrogens with zero attached hydrogens (tertiary/aromatic N) is 7. The number of anilines is 1. The van der Waals surface area contributed by atoms with E-state index in [0.717, 1.165) is 47.0 Å². The van der Waals surface area contributed by atoms with E-state index < -0.39 is 0 Å². The molecule has 1 atom stereocenters. The van der Waals surface area contributed by atoms with Crippen molar-refractivity contribution in [3.05, 3.63) is 94.0 Å². The first-order valence-electron chi connectivity index (χ1n) is 16.2. The first-order chi connectivity index (χ1) is 22.9. The second-order valence-corrected chi connectivity index (χ2v) is 12.4. The van der Waals surface area contributed by atoms with Gasteiger partial charge >= 0.3 is 12.1 Å². The van der Waals surface area contributed by atoms with Crippen LogP contribution in [0.3, 0.4) is 0 Å². The molecule has 2 saturated heterocycles. The molecule has 0 N–H and O–H groups in total. The van der Waals surface area contributed by atoms with E-state index >= 15 is 0 Å². The van der Waals surface area contributed by atoms with Gasteiger partial charge in [-0.1, -0.05) is 60.7 Å². The Morgan fingerprint density at radius 2 is 1.64 bits per heavy atom. The number of piperazine rings is 1. The Labute approximate surface area is 273 Å². The summed E-state index contributed by atoms with van der Waals surface area (Å²) >= 11 is 0. The Kier molecular flexibility index (Phi) is 8.46. The first-order valence-corrected chi connectivity index (χ1v) is 16.2. The normalized spacial score (nSPS) is 17.0. The molecule has 1 amide bonds. The van der Waals surface area contributed by atoms with Crippen LogP contribution in [-0.4, -0.2) is 87.8 Å². The molecule has 0 aliphatic carbocycles. The Bertz CT molecular complexity index is 1980. The molecule has 0 bridgehead atoms. The number of hydrogen-bond acceptors (Lipinski definition) is 9. The van der Waals surface area contributed by atoms with Crippen LogP contribution < -0.4 is 15.2 Å². The number of benzene rings is 3. The molecule has 0 spiro atoms. The summed E-state index contributed by atoms with van der Waals surface area (Å²) in [6.07, 6.45) is 1.80. The zero-order valence-electron chi connectivity index (χ0n) is 27.1. The Morgan fingerprint density at radius 1 is 0.872 bits per heavy atom. The molecule has 1 unspecified atom stereocenters. The maximum absolute atomic E-state index is 14.4. The second-order valence-electron chi connectivity index (χ2n) is 12.4. The number of rotatable bonds is 7. The molecule has 3 aromatic carbocycles. The van der Waals surface area contributed by atoms with E-state index in [1.54, 1.807) is 9.47 Å². The van der Waals surface area contributed by atoms with Gasteiger partial charge in [0.25, 0.3) is 5.56 Å². The highest BCUT2D eigenvalue weighted by molar-refractivity contribution is 5.94. The number of ether oxygens (including phenoxy) is 2. The lowest BCUT2D eigenvalue weighted by molar-refractivity contribution is 0.0941. The SMILES string of the molecule is Cc1cccc2cccc(-n3c(C)nc4c(N5CCN(C(=O)OCc6ccccc6)CC5)nc(OCC5CCCN5C)nc4c3=O)c12. The molecule has 5 aromatic rings. The van der Waals surface area contributed by atoms with Gasteiger partial charge in [0.1, 0.15) is 24.6 Å². The first kappa shape index (κ1) is 30.6. The summed E-state index contributed by atoms with van der Waals surface area (Å²) in [5.41, 5.74) is 3.11. The fraction of sp³-hybridized carbons (Fsp3) is 0.361. The number of likely N-dealkylation sites (tertiary alicyclic amines) is 1. The smallest absolute Gasteiger partial charge is 0.410 e. The van der Waals surface area contributed by atoms with E-state index in [1.165, 1.54) is 0 Å². The topological polar surface area (TPSA) is 106 Å². The van der Waals surface area contributed by atoms with Crippen molar-refractivity contribution in [1.82, 2.24) is 29.3 Å². The molecule has 242 valence electrons. The highest BCUT2D eigenvalue weighted by Gasteiger charge is 2.28. The van der Waals surface area contributed by atoms with Crippen LogP contribution in [-0.2, 0) is 11.3 Å². The Balaban J connectivity index is 1.23. The van der Waals surface area contributed by atoms with Gasteiger partial charge < -0.3 is 24.2 Å². The molecule has 0 saturated carbocycles. The van der Waals surface area contributed by atoms with Crippen LogP contribution in [0.15, 0.2) is 71.5 Å². The zero-order valence-corrected chi connectivity index (χ0v) is 27.1. The largest absolute Gasteiger partial charge is 0.462 e. The second kappa shape index (κ2) is 13.0. The monoisotopic (exact) mass is 633 g/mol. The quantitative estimate of drug-likeness (QED) is 0.248.